The van der Waals surface area contributed by atoms with E-state index >= 15 is 0 Å². The Morgan fingerprint density at radius 1 is 0.708 bits per heavy atom. The molecule has 1 nitrogen and oxygen atoms in total. The Kier molecular flexibility index (Phi) is 5.46. The molecule has 0 N–H and O–H groups in total. The minimum Gasteiger partial charge on any atom is -0.318 e. The molecule has 24 heavy (non-hydrogen) atoms. The molecule has 0 aromatic heterocycles. The molecular weight excluding hydrogens is 311 g/mol. The zero-order valence-electron chi connectivity index (χ0n) is 13.6. The summed E-state index contributed by atoms with van der Waals surface area (Å²) in [4.78, 5) is 0. The van der Waals surface area contributed by atoms with Gasteiger partial charge in [-0.3, -0.25) is 0 Å². The van der Waals surface area contributed by atoms with E-state index in [-0.39, 0.29) is 0 Å². The zero-order chi connectivity index (χ0) is 16.7. The van der Waals surface area contributed by atoms with Crippen LogP contribution in [0, 0.1) is 0 Å². The molecule has 3 aromatic rings. The Morgan fingerprint density at radius 2 is 1.25 bits per heavy atom. The highest BCUT2D eigenvalue weighted by molar-refractivity contribution is 7.71. The van der Waals surface area contributed by atoms with Gasteiger partial charge in [-0.25, -0.2) is 0 Å². The lowest BCUT2D eigenvalue weighted by molar-refractivity contribution is 0.582. The van der Waals surface area contributed by atoms with Crippen LogP contribution in [0.3, 0.4) is 0 Å². The van der Waals surface area contributed by atoms with E-state index in [0.717, 1.165) is 16.4 Å². The molecule has 3 aromatic carbocycles. The predicted octanol–water partition coefficient (Wildman–Crippen LogP) is 5.59. The normalized spacial score (nSPS) is 13.7. The first-order valence-corrected chi connectivity index (χ1v) is 10.2. The van der Waals surface area contributed by atoms with Gasteiger partial charge >= 0.3 is 0 Å². The van der Waals surface area contributed by atoms with Crippen LogP contribution < -0.4 is 5.30 Å². The maximum absolute atomic E-state index is 13.7. The van der Waals surface area contributed by atoms with Crippen LogP contribution in [-0.4, -0.2) is 6.16 Å². The number of allylic oxidation sites excluding steroid dienone is 1. The monoisotopic (exact) mass is 332 g/mol. The molecule has 0 saturated carbocycles. The Hall–Kier alpha value is -2.37. The molecule has 0 heterocycles. The molecular formula is C22H21OP. The summed E-state index contributed by atoms with van der Waals surface area (Å²) in [6.07, 6.45) is 5.27. The minimum atomic E-state index is -2.52. The van der Waals surface area contributed by atoms with Crippen molar-refractivity contribution < 1.29 is 4.57 Å². The van der Waals surface area contributed by atoms with Gasteiger partial charge in [0.15, 0.2) is 0 Å². The van der Waals surface area contributed by atoms with E-state index < -0.39 is 7.14 Å². The number of hydrogen-bond donors (Lipinski definition) is 0. The van der Waals surface area contributed by atoms with Crippen LogP contribution in [0.25, 0.3) is 6.08 Å². The number of rotatable bonds is 6. The van der Waals surface area contributed by atoms with Crippen molar-refractivity contribution in [3.05, 3.63) is 108 Å². The topological polar surface area (TPSA) is 17.1 Å². The highest BCUT2D eigenvalue weighted by atomic mass is 31.2. The highest BCUT2D eigenvalue weighted by Crippen LogP contribution is 2.48. The molecule has 0 aliphatic carbocycles. The fourth-order valence-corrected chi connectivity index (χ4v) is 5.25. The first-order chi connectivity index (χ1) is 11.8. The first-order valence-electron chi connectivity index (χ1n) is 8.15. The van der Waals surface area contributed by atoms with Crippen molar-refractivity contribution >= 4 is 18.5 Å². The molecule has 120 valence electrons. The standard InChI is InChI=1S/C22H21OP/c23-24(22-16-8-3-9-17-22,19-21-13-6-2-7-14-21)18-10-15-20-11-4-1-5-12-20/h1-17H,18-19H2/b15-10+/t24-/m0/s1. The average molecular weight is 332 g/mol. The van der Waals surface area contributed by atoms with Crippen LogP contribution in [-0.2, 0) is 10.7 Å². The summed E-state index contributed by atoms with van der Waals surface area (Å²) in [7, 11) is -2.52. The van der Waals surface area contributed by atoms with Crippen LogP contribution in [0.4, 0.5) is 0 Å². The van der Waals surface area contributed by atoms with Gasteiger partial charge in [0.25, 0.3) is 0 Å². The molecule has 0 radical (unpaired) electrons. The molecule has 0 bridgehead atoms. The van der Waals surface area contributed by atoms with Crippen molar-refractivity contribution in [2.24, 2.45) is 0 Å². The number of benzene rings is 3. The Morgan fingerprint density at radius 3 is 1.88 bits per heavy atom. The predicted molar refractivity (Wildman–Crippen MR) is 104 cm³/mol. The SMILES string of the molecule is O=[P@@](C/C=C/c1ccccc1)(Cc1ccccc1)c1ccccc1. The lowest BCUT2D eigenvalue weighted by atomic mass is 10.2. The molecule has 0 spiro atoms. The average Bonchev–Trinajstić information content (AvgIpc) is 2.64. The Bertz CT molecular complexity index is 824. The highest BCUT2D eigenvalue weighted by Gasteiger charge is 2.23. The summed E-state index contributed by atoms with van der Waals surface area (Å²) < 4.78 is 13.7. The Labute approximate surface area is 144 Å². The van der Waals surface area contributed by atoms with Gasteiger partial charge in [-0.05, 0) is 11.1 Å². The van der Waals surface area contributed by atoms with Gasteiger partial charge in [0.2, 0.25) is 0 Å². The summed E-state index contributed by atoms with van der Waals surface area (Å²) in [6, 6.07) is 30.1. The van der Waals surface area contributed by atoms with E-state index in [4.69, 9.17) is 0 Å². The second-order valence-electron chi connectivity index (χ2n) is 5.86. The summed E-state index contributed by atoms with van der Waals surface area (Å²) in [5.41, 5.74) is 2.26. The third kappa shape index (κ3) is 4.34. The van der Waals surface area contributed by atoms with Crippen molar-refractivity contribution in [3.63, 3.8) is 0 Å². The second kappa shape index (κ2) is 7.95. The van der Waals surface area contributed by atoms with Gasteiger partial charge in [0, 0.05) is 17.6 Å². The Balaban J connectivity index is 1.85. The molecule has 0 unspecified atom stereocenters. The summed E-state index contributed by atoms with van der Waals surface area (Å²) in [5, 5.41) is 0.951. The van der Waals surface area contributed by atoms with Crippen molar-refractivity contribution in [3.8, 4) is 0 Å². The maximum Gasteiger partial charge on any atom is 0.123 e. The van der Waals surface area contributed by atoms with Gasteiger partial charge in [-0.15, -0.1) is 0 Å². The fraction of sp³-hybridized carbons (Fsp3) is 0.0909. The molecule has 3 rings (SSSR count). The van der Waals surface area contributed by atoms with E-state index in [1.165, 1.54) is 0 Å². The summed E-state index contributed by atoms with van der Waals surface area (Å²) >= 11 is 0. The van der Waals surface area contributed by atoms with E-state index in [1.54, 1.807) is 0 Å². The quantitative estimate of drug-likeness (QED) is 0.538. The molecule has 0 fully saturated rings. The molecule has 0 aliphatic rings. The lowest BCUT2D eigenvalue weighted by Gasteiger charge is -2.17. The van der Waals surface area contributed by atoms with Crippen molar-refractivity contribution in [1.29, 1.82) is 0 Å². The molecule has 0 aliphatic heterocycles. The molecule has 0 amide bonds. The van der Waals surface area contributed by atoms with E-state index in [1.807, 2.05) is 72.8 Å². The first kappa shape index (κ1) is 16.5. The number of hydrogen-bond acceptors (Lipinski definition) is 1. The van der Waals surface area contributed by atoms with Crippen LogP contribution in [0.15, 0.2) is 97.1 Å². The van der Waals surface area contributed by atoms with Crippen molar-refractivity contribution in [2.45, 2.75) is 6.16 Å². The fourth-order valence-electron chi connectivity index (χ4n) is 2.76. The van der Waals surface area contributed by atoms with Crippen LogP contribution >= 0.6 is 7.14 Å². The second-order valence-corrected chi connectivity index (χ2v) is 8.84. The zero-order valence-corrected chi connectivity index (χ0v) is 14.5. The van der Waals surface area contributed by atoms with Crippen molar-refractivity contribution in [1.82, 2.24) is 0 Å². The lowest BCUT2D eigenvalue weighted by Crippen LogP contribution is -2.08. The van der Waals surface area contributed by atoms with Gasteiger partial charge in [0.1, 0.15) is 7.14 Å². The summed E-state index contributed by atoms with van der Waals surface area (Å²) in [5.74, 6) is 0. The van der Waals surface area contributed by atoms with Crippen LogP contribution in [0.2, 0.25) is 0 Å². The van der Waals surface area contributed by atoms with Gasteiger partial charge < -0.3 is 4.57 Å². The minimum absolute atomic E-state index is 0.570. The van der Waals surface area contributed by atoms with E-state index in [2.05, 4.69) is 30.3 Å². The van der Waals surface area contributed by atoms with E-state index in [0.29, 0.717) is 12.3 Å². The van der Waals surface area contributed by atoms with Gasteiger partial charge in [-0.2, -0.15) is 0 Å². The molecule has 0 saturated heterocycles. The summed E-state index contributed by atoms with van der Waals surface area (Å²) in [6.45, 7) is 0. The molecule has 2 heteroatoms. The third-order valence-electron chi connectivity index (χ3n) is 4.02. The van der Waals surface area contributed by atoms with Gasteiger partial charge in [0.05, 0.1) is 0 Å². The smallest absolute Gasteiger partial charge is 0.123 e. The van der Waals surface area contributed by atoms with Gasteiger partial charge in [-0.1, -0.05) is 103 Å². The van der Waals surface area contributed by atoms with Crippen molar-refractivity contribution in [2.75, 3.05) is 6.16 Å². The van der Waals surface area contributed by atoms with Crippen LogP contribution in [0.5, 0.6) is 0 Å². The van der Waals surface area contributed by atoms with Crippen LogP contribution in [0.1, 0.15) is 11.1 Å². The third-order valence-corrected chi connectivity index (χ3v) is 6.93. The van der Waals surface area contributed by atoms with E-state index in [9.17, 15) is 4.57 Å². The maximum atomic E-state index is 13.7. The largest absolute Gasteiger partial charge is 0.318 e. The molecule has 1 atom stereocenters.